The Bertz CT molecular complexity index is 3560. The molecule has 0 bridgehead atoms. The van der Waals surface area contributed by atoms with E-state index in [0.29, 0.717) is 5.82 Å². The van der Waals surface area contributed by atoms with Gasteiger partial charge in [0.25, 0.3) is 0 Å². The molecule has 4 heterocycles. The van der Waals surface area contributed by atoms with Gasteiger partial charge in [-0.1, -0.05) is 170 Å². The van der Waals surface area contributed by atoms with Gasteiger partial charge in [-0.05, 0) is 64.2 Å². The van der Waals surface area contributed by atoms with Gasteiger partial charge in [0.1, 0.15) is 17.0 Å². The predicted molar refractivity (Wildman–Crippen MR) is 254 cm³/mol. The highest BCUT2D eigenvalue weighted by molar-refractivity contribution is 6.17. The Balaban J connectivity index is 1.18. The number of hydrogen-bond donors (Lipinski definition) is 0. The molecule has 5 nitrogen and oxygen atoms in total. The first-order valence-corrected chi connectivity index (χ1v) is 20.8. The van der Waals surface area contributed by atoms with Crippen LogP contribution in [0.25, 0.3) is 117 Å². The van der Waals surface area contributed by atoms with Gasteiger partial charge in [0.2, 0.25) is 0 Å². The van der Waals surface area contributed by atoms with Crippen molar-refractivity contribution in [1.29, 1.82) is 0 Å². The van der Waals surface area contributed by atoms with E-state index in [1.165, 1.54) is 0 Å². The van der Waals surface area contributed by atoms with Crippen LogP contribution in [0.15, 0.2) is 223 Å². The monoisotopic (exact) mass is 792 g/mol. The number of nitrogens with zero attached hydrogens (tertiary/aromatic N) is 4. The molecule has 8 aromatic carbocycles. The minimum absolute atomic E-state index is 0.639. The van der Waals surface area contributed by atoms with Crippen LogP contribution in [0.4, 0.5) is 0 Å². The van der Waals surface area contributed by atoms with E-state index in [-0.39, 0.29) is 0 Å². The molecule has 4 aromatic heterocycles. The maximum atomic E-state index is 6.52. The summed E-state index contributed by atoms with van der Waals surface area (Å²) >= 11 is 0. The lowest BCUT2D eigenvalue weighted by atomic mass is 9.91. The van der Waals surface area contributed by atoms with E-state index in [1.807, 2.05) is 42.6 Å². The fourth-order valence-corrected chi connectivity index (χ4v) is 8.91. The fraction of sp³-hybridized carbons (Fsp3) is 0. The normalized spacial score (nSPS) is 11.5. The van der Waals surface area contributed by atoms with E-state index in [4.69, 9.17) is 19.4 Å². The lowest BCUT2D eigenvalue weighted by molar-refractivity contribution is 0.669. The number of fused-ring (bicyclic) bond motifs is 6. The van der Waals surface area contributed by atoms with Crippen LogP contribution in [0.3, 0.4) is 0 Å². The van der Waals surface area contributed by atoms with E-state index in [2.05, 4.69) is 180 Å². The summed E-state index contributed by atoms with van der Waals surface area (Å²) in [6.07, 6.45) is 2.02. The summed E-state index contributed by atoms with van der Waals surface area (Å²) in [5.74, 6) is 1.40. The van der Waals surface area contributed by atoms with E-state index in [0.717, 1.165) is 111 Å². The number of para-hydroxylation sites is 2. The Morgan fingerprint density at radius 1 is 0.339 bits per heavy atom. The number of rotatable bonds is 7. The van der Waals surface area contributed by atoms with Crippen LogP contribution in [-0.4, -0.2) is 19.5 Å². The van der Waals surface area contributed by atoms with Gasteiger partial charge in [-0.3, -0.25) is 4.57 Å². The molecular formula is C57H36N4O. The molecule has 5 heteroatoms. The summed E-state index contributed by atoms with van der Waals surface area (Å²) in [5.41, 5.74) is 14.7. The standard InChI is InChI=1S/C57H36N4O/c1-5-17-37(18-6-1)41-29-30-43(38-19-7-2-8-20-38)46(31-41)42-32-49(51-34-50(39-21-9-3-10-22-39)59-56(60-51)40-23-11-4-12-24-40)57(58-36-42)61-52-27-15-13-25-44(52)47-33-48-45-26-14-16-28-54(45)62-55(48)35-53(47)61/h1-36H. The van der Waals surface area contributed by atoms with Crippen molar-refractivity contribution in [1.82, 2.24) is 19.5 Å². The number of furan rings is 1. The Labute approximate surface area is 357 Å². The second-order valence-corrected chi connectivity index (χ2v) is 15.6. The summed E-state index contributed by atoms with van der Waals surface area (Å²) in [6, 6.07) is 74.1. The number of benzene rings is 8. The maximum Gasteiger partial charge on any atom is 0.160 e. The van der Waals surface area contributed by atoms with Crippen molar-refractivity contribution in [3.05, 3.63) is 219 Å². The Hall–Kier alpha value is -8.41. The third-order valence-electron chi connectivity index (χ3n) is 11.9. The van der Waals surface area contributed by atoms with E-state index in [1.54, 1.807) is 0 Å². The largest absolute Gasteiger partial charge is 0.456 e. The van der Waals surface area contributed by atoms with Crippen LogP contribution in [0.5, 0.6) is 0 Å². The minimum Gasteiger partial charge on any atom is -0.456 e. The van der Waals surface area contributed by atoms with Gasteiger partial charge >= 0.3 is 0 Å². The van der Waals surface area contributed by atoms with Crippen molar-refractivity contribution < 1.29 is 4.42 Å². The van der Waals surface area contributed by atoms with E-state index in [9.17, 15) is 0 Å². The van der Waals surface area contributed by atoms with Gasteiger partial charge in [0, 0.05) is 56.1 Å². The van der Waals surface area contributed by atoms with Crippen LogP contribution >= 0.6 is 0 Å². The highest BCUT2D eigenvalue weighted by atomic mass is 16.3. The molecule has 0 saturated heterocycles. The molecule has 0 aliphatic heterocycles. The molecule has 0 N–H and O–H groups in total. The molecular weight excluding hydrogens is 757 g/mol. The predicted octanol–water partition coefficient (Wildman–Crippen LogP) is 14.9. The highest BCUT2D eigenvalue weighted by Crippen LogP contribution is 2.43. The fourth-order valence-electron chi connectivity index (χ4n) is 8.91. The summed E-state index contributed by atoms with van der Waals surface area (Å²) in [5, 5.41) is 4.43. The van der Waals surface area contributed by atoms with Crippen molar-refractivity contribution in [2.24, 2.45) is 0 Å². The number of aromatic nitrogens is 4. The van der Waals surface area contributed by atoms with Crippen LogP contribution in [0.2, 0.25) is 0 Å². The SMILES string of the molecule is c1ccc(-c2ccc(-c3ccccc3)c(-c3cnc(-n4c5ccccc5c5cc6c(cc54)oc4ccccc46)c(-c4cc(-c5ccccc5)nc(-c5ccccc5)n4)c3)c2)cc1. The maximum absolute atomic E-state index is 6.52. The van der Waals surface area contributed by atoms with Crippen molar-refractivity contribution in [2.45, 2.75) is 0 Å². The second-order valence-electron chi connectivity index (χ2n) is 15.6. The topological polar surface area (TPSA) is 56.7 Å². The first-order valence-electron chi connectivity index (χ1n) is 20.8. The Morgan fingerprint density at radius 3 is 1.71 bits per heavy atom. The van der Waals surface area contributed by atoms with Gasteiger partial charge in [-0.2, -0.15) is 0 Å². The average Bonchev–Trinajstić information content (AvgIpc) is 3.88. The first kappa shape index (κ1) is 35.5. The summed E-state index contributed by atoms with van der Waals surface area (Å²) in [4.78, 5) is 16.1. The molecule has 0 saturated carbocycles. The molecule has 0 amide bonds. The van der Waals surface area contributed by atoms with Gasteiger partial charge < -0.3 is 4.42 Å². The Kier molecular flexibility index (Phi) is 8.42. The highest BCUT2D eigenvalue weighted by Gasteiger charge is 2.23. The Morgan fingerprint density at radius 2 is 0.952 bits per heavy atom. The molecule has 0 aliphatic rings. The second kappa shape index (κ2) is 14.7. The molecule has 0 atom stereocenters. The van der Waals surface area contributed by atoms with Gasteiger partial charge in [0.05, 0.1) is 22.4 Å². The third kappa shape index (κ3) is 6.06. The molecule has 0 unspecified atom stereocenters. The van der Waals surface area contributed by atoms with Crippen LogP contribution in [-0.2, 0) is 0 Å². The summed E-state index contributed by atoms with van der Waals surface area (Å²) in [7, 11) is 0. The van der Waals surface area contributed by atoms with Gasteiger partial charge in [-0.15, -0.1) is 0 Å². The lowest BCUT2D eigenvalue weighted by Crippen LogP contribution is -2.04. The molecule has 12 rings (SSSR count). The zero-order valence-electron chi connectivity index (χ0n) is 33.5. The molecule has 290 valence electrons. The number of pyridine rings is 1. The average molecular weight is 793 g/mol. The quantitative estimate of drug-likeness (QED) is 0.161. The van der Waals surface area contributed by atoms with Gasteiger partial charge in [-0.25, -0.2) is 15.0 Å². The lowest BCUT2D eigenvalue weighted by Gasteiger charge is -2.18. The molecule has 12 aromatic rings. The number of hydrogen-bond acceptors (Lipinski definition) is 4. The van der Waals surface area contributed by atoms with Crippen molar-refractivity contribution >= 4 is 43.7 Å². The summed E-state index contributed by atoms with van der Waals surface area (Å²) < 4.78 is 8.80. The van der Waals surface area contributed by atoms with Crippen molar-refractivity contribution in [3.63, 3.8) is 0 Å². The molecule has 62 heavy (non-hydrogen) atoms. The molecule has 0 fully saturated rings. The van der Waals surface area contributed by atoms with Crippen molar-refractivity contribution in [2.75, 3.05) is 0 Å². The smallest absolute Gasteiger partial charge is 0.160 e. The zero-order valence-corrected chi connectivity index (χ0v) is 33.5. The zero-order chi connectivity index (χ0) is 41.0. The van der Waals surface area contributed by atoms with Crippen LogP contribution in [0.1, 0.15) is 0 Å². The summed E-state index contributed by atoms with van der Waals surface area (Å²) in [6.45, 7) is 0. The van der Waals surface area contributed by atoms with Gasteiger partial charge in [0.15, 0.2) is 5.82 Å². The van der Waals surface area contributed by atoms with Crippen molar-refractivity contribution in [3.8, 4) is 73.1 Å². The molecule has 0 aliphatic carbocycles. The van der Waals surface area contributed by atoms with Crippen LogP contribution in [0, 0.1) is 0 Å². The first-order chi connectivity index (χ1) is 30.7. The third-order valence-corrected chi connectivity index (χ3v) is 11.9. The van der Waals surface area contributed by atoms with Crippen LogP contribution < -0.4 is 0 Å². The van der Waals surface area contributed by atoms with E-state index < -0.39 is 0 Å². The minimum atomic E-state index is 0.639. The van der Waals surface area contributed by atoms with E-state index >= 15 is 0 Å². The molecule has 0 radical (unpaired) electrons. The molecule has 0 spiro atoms.